The van der Waals surface area contributed by atoms with Crippen LogP contribution in [-0.2, 0) is 6.54 Å². The van der Waals surface area contributed by atoms with Crippen molar-refractivity contribution in [2.45, 2.75) is 25.4 Å². The topological polar surface area (TPSA) is 63.9 Å². The van der Waals surface area contributed by atoms with Gasteiger partial charge in [-0.2, -0.15) is 0 Å². The number of aromatic nitrogens is 4. The van der Waals surface area contributed by atoms with Gasteiger partial charge in [0.2, 0.25) is 0 Å². The van der Waals surface area contributed by atoms with Crippen LogP contribution in [0.2, 0.25) is 5.02 Å². The minimum atomic E-state index is -0.0688. The van der Waals surface area contributed by atoms with Crippen molar-refractivity contribution in [3.05, 3.63) is 101 Å². The summed E-state index contributed by atoms with van der Waals surface area (Å²) in [5.74, 6) is 0.648. The van der Waals surface area contributed by atoms with Crippen LogP contribution in [-0.4, -0.2) is 36.9 Å². The van der Waals surface area contributed by atoms with Crippen molar-refractivity contribution in [3.63, 3.8) is 0 Å². The van der Waals surface area contributed by atoms with Gasteiger partial charge in [0.15, 0.2) is 5.82 Å². The third-order valence-electron chi connectivity index (χ3n) is 5.71. The molecule has 0 saturated carbocycles. The highest BCUT2D eigenvalue weighted by molar-refractivity contribution is 6.30. The largest absolute Gasteiger partial charge is 0.333 e. The Morgan fingerprint density at radius 1 is 1.09 bits per heavy atom. The minimum absolute atomic E-state index is 0.0305. The second-order valence-corrected chi connectivity index (χ2v) is 8.34. The second kappa shape index (κ2) is 8.93. The zero-order valence-electron chi connectivity index (χ0n) is 17.4. The fraction of sp³-hybridized carbons (Fsp3) is 0.200. The van der Waals surface area contributed by atoms with Crippen molar-refractivity contribution >= 4 is 17.5 Å². The van der Waals surface area contributed by atoms with Crippen LogP contribution in [0.3, 0.4) is 0 Å². The Kier molecular flexibility index (Phi) is 5.69. The zero-order valence-corrected chi connectivity index (χ0v) is 18.2. The quantitative estimate of drug-likeness (QED) is 0.434. The number of nitrogens with zero attached hydrogens (tertiary/aromatic N) is 5. The average Bonchev–Trinajstić information content (AvgIpc) is 3.51. The van der Waals surface area contributed by atoms with Gasteiger partial charge in [-0.3, -0.25) is 4.79 Å². The van der Waals surface area contributed by atoms with E-state index in [1.54, 1.807) is 18.7 Å². The van der Waals surface area contributed by atoms with Gasteiger partial charge in [0.05, 0.1) is 18.1 Å². The van der Waals surface area contributed by atoms with E-state index >= 15 is 0 Å². The Morgan fingerprint density at radius 3 is 2.84 bits per heavy atom. The molecule has 0 spiro atoms. The number of benzene rings is 2. The lowest BCUT2D eigenvalue weighted by Gasteiger charge is -2.25. The van der Waals surface area contributed by atoms with Crippen LogP contribution in [0.15, 0.2) is 79.5 Å². The van der Waals surface area contributed by atoms with Gasteiger partial charge < -0.3 is 9.47 Å². The molecule has 0 radical (unpaired) electrons. The Hall–Kier alpha value is -3.51. The van der Waals surface area contributed by atoms with E-state index in [4.69, 9.17) is 16.6 Å². The van der Waals surface area contributed by atoms with E-state index < -0.39 is 0 Å². The fourth-order valence-electron chi connectivity index (χ4n) is 4.20. The third kappa shape index (κ3) is 4.27. The molecule has 1 unspecified atom stereocenters. The first kappa shape index (κ1) is 20.4. The SMILES string of the molecule is O=C(c1cccc(Cn2ccnc2)c1)N1CCCC1c1ccnc(-c2cccc(Cl)c2)n1. The van der Waals surface area contributed by atoms with Gasteiger partial charge in [0.25, 0.3) is 5.91 Å². The smallest absolute Gasteiger partial charge is 0.254 e. The van der Waals surface area contributed by atoms with Crippen LogP contribution < -0.4 is 0 Å². The van der Waals surface area contributed by atoms with Gasteiger partial charge in [-0.25, -0.2) is 15.0 Å². The van der Waals surface area contributed by atoms with Crippen molar-refractivity contribution in [2.24, 2.45) is 0 Å². The van der Waals surface area contributed by atoms with Crippen molar-refractivity contribution in [3.8, 4) is 11.4 Å². The summed E-state index contributed by atoms with van der Waals surface area (Å²) in [6.07, 6.45) is 9.03. The van der Waals surface area contributed by atoms with E-state index in [0.29, 0.717) is 29.5 Å². The molecule has 7 heteroatoms. The molecule has 1 aliphatic rings. The summed E-state index contributed by atoms with van der Waals surface area (Å²) >= 11 is 6.14. The molecule has 1 fully saturated rings. The molecular formula is C25H22ClN5O. The molecule has 5 rings (SSSR count). The molecule has 1 saturated heterocycles. The van der Waals surface area contributed by atoms with Crippen LogP contribution in [0, 0.1) is 0 Å². The maximum absolute atomic E-state index is 13.4. The fourth-order valence-corrected chi connectivity index (χ4v) is 4.39. The molecule has 1 aliphatic heterocycles. The number of carbonyl (C=O) groups is 1. The molecular weight excluding hydrogens is 422 g/mol. The maximum atomic E-state index is 13.4. The van der Waals surface area contributed by atoms with Gasteiger partial charge in [0, 0.05) is 47.8 Å². The standard InChI is InChI=1S/C25H22ClN5O/c26-21-7-2-5-19(15-21)24-28-10-9-22(29-24)23-8-3-12-31(23)25(32)20-6-1-4-18(14-20)16-30-13-11-27-17-30/h1-2,4-7,9-11,13-15,17,23H,3,8,12,16H2. The maximum Gasteiger partial charge on any atom is 0.254 e. The molecule has 6 nitrogen and oxygen atoms in total. The molecule has 4 aromatic rings. The second-order valence-electron chi connectivity index (χ2n) is 7.91. The first-order valence-electron chi connectivity index (χ1n) is 10.6. The number of imidazole rings is 1. The average molecular weight is 444 g/mol. The summed E-state index contributed by atoms with van der Waals surface area (Å²) in [4.78, 5) is 28.6. The molecule has 1 amide bonds. The van der Waals surface area contributed by atoms with Gasteiger partial charge in [-0.05, 0) is 48.7 Å². The number of amides is 1. The van der Waals surface area contributed by atoms with Crippen molar-refractivity contribution in [1.29, 1.82) is 0 Å². The van der Waals surface area contributed by atoms with Crippen molar-refractivity contribution < 1.29 is 4.79 Å². The number of hydrogen-bond acceptors (Lipinski definition) is 4. The molecule has 0 aliphatic carbocycles. The van der Waals surface area contributed by atoms with E-state index in [9.17, 15) is 4.79 Å². The predicted octanol–water partition coefficient (Wildman–Crippen LogP) is 5.02. The minimum Gasteiger partial charge on any atom is -0.333 e. The third-order valence-corrected chi connectivity index (χ3v) is 5.95. The molecule has 160 valence electrons. The molecule has 2 aromatic carbocycles. The monoisotopic (exact) mass is 443 g/mol. The number of likely N-dealkylation sites (tertiary alicyclic amines) is 1. The first-order chi connectivity index (χ1) is 15.7. The summed E-state index contributed by atoms with van der Waals surface area (Å²) in [7, 11) is 0. The Morgan fingerprint density at radius 2 is 2.00 bits per heavy atom. The van der Waals surface area contributed by atoms with Gasteiger partial charge in [0.1, 0.15) is 0 Å². The van der Waals surface area contributed by atoms with Crippen LogP contribution in [0.4, 0.5) is 0 Å². The lowest BCUT2D eigenvalue weighted by atomic mass is 10.1. The molecule has 2 aromatic heterocycles. The predicted molar refractivity (Wildman–Crippen MR) is 123 cm³/mol. The summed E-state index contributed by atoms with van der Waals surface area (Å²) in [5, 5.41) is 0.643. The molecule has 3 heterocycles. The highest BCUT2D eigenvalue weighted by Crippen LogP contribution is 2.33. The number of carbonyl (C=O) groups excluding carboxylic acids is 1. The summed E-state index contributed by atoms with van der Waals surface area (Å²) in [6, 6.07) is 17.1. The number of hydrogen-bond donors (Lipinski definition) is 0. The lowest BCUT2D eigenvalue weighted by Crippen LogP contribution is -2.31. The van der Waals surface area contributed by atoms with E-state index in [1.807, 2.05) is 70.3 Å². The highest BCUT2D eigenvalue weighted by Gasteiger charge is 2.32. The van der Waals surface area contributed by atoms with Crippen LogP contribution in [0.1, 0.15) is 40.5 Å². The van der Waals surface area contributed by atoms with E-state index in [1.165, 1.54) is 0 Å². The summed E-state index contributed by atoms with van der Waals surface area (Å²) in [5.41, 5.74) is 3.48. The highest BCUT2D eigenvalue weighted by atomic mass is 35.5. The lowest BCUT2D eigenvalue weighted by molar-refractivity contribution is 0.0732. The first-order valence-corrected chi connectivity index (χ1v) is 11.0. The summed E-state index contributed by atoms with van der Waals surface area (Å²) < 4.78 is 1.99. The van der Waals surface area contributed by atoms with Gasteiger partial charge in [-0.15, -0.1) is 0 Å². The van der Waals surface area contributed by atoms with Crippen LogP contribution in [0.5, 0.6) is 0 Å². The van der Waals surface area contributed by atoms with Crippen molar-refractivity contribution in [2.75, 3.05) is 6.54 Å². The van der Waals surface area contributed by atoms with E-state index in [2.05, 4.69) is 9.97 Å². The Labute approximate surface area is 191 Å². The number of rotatable bonds is 5. The van der Waals surface area contributed by atoms with Gasteiger partial charge in [-0.1, -0.05) is 35.9 Å². The van der Waals surface area contributed by atoms with Crippen molar-refractivity contribution in [1.82, 2.24) is 24.4 Å². The Bertz CT molecular complexity index is 1240. The molecule has 0 N–H and O–H groups in total. The zero-order chi connectivity index (χ0) is 21.9. The van der Waals surface area contributed by atoms with E-state index in [-0.39, 0.29) is 11.9 Å². The van der Waals surface area contributed by atoms with E-state index in [0.717, 1.165) is 29.7 Å². The Balaban J connectivity index is 1.39. The summed E-state index contributed by atoms with van der Waals surface area (Å²) in [6.45, 7) is 1.39. The van der Waals surface area contributed by atoms with Crippen LogP contribution in [0.25, 0.3) is 11.4 Å². The number of halogens is 1. The molecule has 1 atom stereocenters. The molecule has 0 bridgehead atoms. The normalized spacial score (nSPS) is 15.8. The van der Waals surface area contributed by atoms with Crippen LogP contribution >= 0.6 is 11.6 Å². The molecule has 32 heavy (non-hydrogen) atoms. The van der Waals surface area contributed by atoms with Gasteiger partial charge >= 0.3 is 0 Å².